The molecule has 0 aromatic heterocycles. The van der Waals surface area contributed by atoms with Gasteiger partial charge in [-0.3, -0.25) is 0 Å². The van der Waals surface area contributed by atoms with E-state index in [1.54, 1.807) is 4.90 Å². The zero-order valence-electron chi connectivity index (χ0n) is 8.09. The highest BCUT2D eigenvalue weighted by Crippen LogP contribution is 2.41. The van der Waals surface area contributed by atoms with Gasteiger partial charge in [-0.05, 0) is 41.9 Å². The second kappa shape index (κ2) is 4.22. The standard InChI is InChI=1S/C9H15IN2O2/c10-9(2-1-3-9)14-8(13)12-6-4-11-5-7-12/h11H,1-7H2. The molecule has 5 heteroatoms. The lowest BCUT2D eigenvalue weighted by Crippen LogP contribution is -2.49. The molecule has 1 saturated heterocycles. The Kier molecular flexibility index (Phi) is 3.16. The van der Waals surface area contributed by atoms with E-state index in [2.05, 4.69) is 27.9 Å². The van der Waals surface area contributed by atoms with Crippen molar-refractivity contribution >= 4 is 28.7 Å². The third-order valence-corrected chi connectivity index (χ3v) is 4.04. The van der Waals surface area contributed by atoms with Crippen LogP contribution < -0.4 is 5.32 Å². The monoisotopic (exact) mass is 310 g/mol. The number of hydrogen-bond acceptors (Lipinski definition) is 3. The number of ether oxygens (including phenoxy) is 1. The average Bonchev–Trinajstić information content (AvgIpc) is 2.17. The summed E-state index contributed by atoms with van der Waals surface area (Å²) in [5.74, 6) is 0. The highest BCUT2D eigenvalue weighted by Gasteiger charge is 2.39. The zero-order chi connectivity index (χ0) is 10.0. The van der Waals surface area contributed by atoms with E-state index in [0.29, 0.717) is 0 Å². The molecule has 0 spiro atoms. The van der Waals surface area contributed by atoms with Gasteiger partial charge in [0.05, 0.1) is 0 Å². The first-order valence-corrected chi connectivity index (χ1v) is 6.15. The van der Waals surface area contributed by atoms with E-state index in [4.69, 9.17) is 4.74 Å². The molecule has 1 N–H and O–H groups in total. The molecule has 80 valence electrons. The maximum absolute atomic E-state index is 11.7. The molecule has 0 unspecified atom stereocenters. The van der Waals surface area contributed by atoms with Gasteiger partial charge in [-0.15, -0.1) is 0 Å². The van der Waals surface area contributed by atoms with Gasteiger partial charge in [0, 0.05) is 26.2 Å². The topological polar surface area (TPSA) is 41.6 Å². The summed E-state index contributed by atoms with van der Waals surface area (Å²) in [5, 5.41) is 3.21. The Labute approximate surface area is 97.5 Å². The van der Waals surface area contributed by atoms with Crippen LogP contribution in [0.1, 0.15) is 19.3 Å². The Hall–Kier alpha value is -0.0400. The van der Waals surface area contributed by atoms with Crippen LogP contribution in [0.3, 0.4) is 0 Å². The molecular weight excluding hydrogens is 295 g/mol. The molecule has 0 bridgehead atoms. The van der Waals surface area contributed by atoms with Gasteiger partial charge in [-0.1, -0.05) is 0 Å². The molecule has 1 amide bonds. The maximum Gasteiger partial charge on any atom is 0.411 e. The van der Waals surface area contributed by atoms with Gasteiger partial charge >= 0.3 is 6.09 Å². The van der Waals surface area contributed by atoms with Gasteiger partial charge in [-0.25, -0.2) is 4.79 Å². The molecule has 2 rings (SSSR count). The summed E-state index contributed by atoms with van der Waals surface area (Å²) in [4.78, 5) is 13.5. The summed E-state index contributed by atoms with van der Waals surface area (Å²) < 4.78 is 5.26. The summed E-state index contributed by atoms with van der Waals surface area (Å²) >= 11 is 2.25. The number of hydrogen-bond donors (Lipinski definition) is 1. The summed E-state index contributed by atoms with van der Waals surface area (Å²) in [6, 6.07) is 0. The minimum Gasteiger partial charge on any atom is -0.432 e. The lowest BCUT2D eigenvalue weighted by Gasteiger charge is -2.38. The first kappa shape index (κ1) is 10.5. The second-order valence-electron chi connectivity index (χ2n) is 3.84. The van der Waals surface area contributed by atoms with Gasteiger partial charge in [-0.2, -0.15) is 0 Å². The number of amides is 1. The Balaban J connectivity index is 1.81. The number of alkyl halides is 1. The fourth-order valence-electron chi connectivity index (χ4n) is 1.63. The molecule has 4 nitrogen and oxygen atoms in total. The van der Waals surface area contributed by atoms with Crippen LogP contribution in [0.5, 0.6) is 0 Å². The number of halogens is 1. The van der Waals surface area contributed by atoms with E-state index < -0.39 is 0 Å². The molecule has 2 fully saturated rings. The second-order valence-corrected chi connectivity index (χ2v) is 5.81. The smallest absolute Gasteiger partial charge is 0.411 e. The van der Waals surface area contributed by atoms with Crippen molar-refractivity contribution in [3.63, 3.8) is 0 Å². The number of nitrogens with one attached hydrogen (secondary N) is 1. The molecule has 0 atom stereocenters. The van der Waals surface area contributed by atoms with Crippen LogP contribution in [0.2, 0.25) is 0 Å². The molecule has 1 heterocycles. The number of nitrogens with zero attached hydrogens (tertiary/aromatic N) is 1. The van der Waals surface area contributed by atoms with E-state index in [0.717, 1.165) is 39.0 Å². The SMILES string of the molecule is O=C(OC1(I)CCC1)N1CCNCC1. The molecule has 0 aromatic rings. The minimum atomic E-state index is -0.195. The number of carbonyl (C=O) groups is 1. The number of piperazine rings is 1. The predicted molar refractivity (Wildman–Crippen MR) is 61.5 cm³/mol. The molecular formula is C9H15IN2O2. The molecule has 1 saturated carbocycles. The van der Waals surface area contributed by atoms with Crippen molar-refractivity contribution in [3.05, 3.63) is 0 Å². The lowest BCUT2D eigenvalue weighted by atomic mass is 9.96. The Bertz CT molecular complexity index is 225. The predicted octanol–water partition coefficient (Wildman–Crippen LogP) is 1.34. The third kappa shape index (κ3) is 2.31. The average molecular weight is 310 g/mol. The van der Waals surface area contributed by atoms with Crippen molar-refractivity contribution in [1.29, 1.82) is 0 Å². The summed E-state index contributed by atoms with van der Waals surface area (Å²) in [6.07, 6.45) is 3.05. The van der Waals surface area contributed by atoms with Crippen molar-refractivity contribution in [2.24, 2.45) is 0 Å². The van der Waals surface area contributed by atoms with Crippen LogP contribution in [0, 0.1) is 0 Å². The van der Waals surface area contributed by atoms with Crippen molar-refractivity contribution in [3.8, 4) is 0 Å². The van der Waals surface area contributed by atoms with Gasteiger partial charge < -0.3 is 15.0 Å². The van der Waals surface area contributed by atoms with E-state index in [-0.39, 0.29) is 9.70 Å². The van der Waals surface area contributed by atoms with Crippen LogP contribution in [-0.4, -0.2) is 40.8 Å². The Morgan fingerprint density at radius 3 is 2.50 bits per heavy atom. The van der Waals surface area contributed by atoms with Crippen LogP contribution in [0.25, 0.3) is 0 Å². The minimum absolute atomic E-state index is 0.138. The van der Waals surface area contributed by atoms with E-state index in [9.17, 15) is 4.79 Å². The Morgan fingerprint density at radius 2 is 2.00 bits per heavy atom. The van der Waals surface area contributed by atoms with E-state index in [1.807, 2.05) is 0 Å². The van der Waals surface area contributed by atoms with Crippen LogP contribution >= 0.6 is 22.6 Å². The molecule has 2 aliphatic rings. The first-order valence-electron chi connectivity index (χ1n) is 5.07. The Morgan fingerprint density at radius 1 is 1.36 bits per heavy atom. The van der Waals surface area contributed by atoms with Crippen molar-refractivity contribution in [1.82, 2.24) is 10.2 Å². The largest absolute Gasteiger partial charge is 0.432 e. The van der Waals surface area contributed by atoms with Crippen LogP contribution in [0.15, 0.2) is 0 Å². The first-order chi connectivity index (χ1) is 6.70. The maximum atomic E-state index is 11.7. The van der Waals surface area contributed by atoms with Crippen molar-refractivity contribution < 1.29 is 9.53 Å². The van der Waals surface area contributed by atoms with Gasteiger partial charge in [0.2, 0.25) is 0 Å². The van der Waals surface area contributed by atoms with Gasteiger partial charge in [0.15, 0.2) is 3.61 Å². The summed E-state index contributed by atoms with van der Waals surface area (Å²) in [5.41, 5.74) is 0. The third-order valence-electron chi connectivity index (χ3n) is 2.75. The quantitative estimate of drug-likeness (QED) is 0.587. The molecule has 1 aliphatic carbocycles. The highest BCUT2D eigenvalue weighted by atomic mass is 127. The molecule has 1 aliphatic heterocycles. The molecule has 0 aromatic carbocycles. The summed E-state index contributed by atoms with van der Waals surface area (Å²) in [6.45, 7) is 3.30. The number of rotatable bonds is 1. The van der Waals surface area contributed by atoms with Gasteiger partial charge in [0.1, 0.15) is 0 Å². The van der Waals surface area contributed by atoms with E-state index >= 15 is 0 Å². The lowest BCUT2D eigenvalue weighted by molar-refractivity contribution is 0.0138. The highest BCUT2D eigenvalue weighted by molar-refractivity contribution is 14.1. The summed E-state index contributed by atoms with van der Waals surface area (Å²) in [7, 11) is 0. The molecule has 14 heavy (non-hydrogen) atoms. The normalized spacial score (nSPS) is 25.4. The number of carbonyl (C=O) groups excluding carboxylic acids is 1. The van der Waals surface area contributed by atoms with Gasteiger partial charge in [0.25, 0.3) is 0 Å². The van der Waals surface area contributed by atoms with Crippen LogP contribution in [-0.2, 0) is 4.74 Å². The zero-order valence-corrected chi connectivity index (χ0v) is 10.2. The molecule has 0 radical (unpaired) electrons. The van der Waals surface area contributed by atoms with Crippen molar-refractivity contribution in [2.45, 2.75) is 22.9 Å². The van der Waals surface area contributed by atoms with E-state index in [1.165, 1.54) is 6.42 Å². The van der Waals surface area contributed by atoms with Crippen LogP contribution in [0.4, 0.5) is 4.79 Å². The fraction of sp³-hybridized carbons (Fsp3) is 0.889. The van der Waals surface area contributed by atoms with Crippen molar-refractivity contribution in [2.75, 3.05) is 26.2 Å². The fourth-order valence-corrected chi connectivity index (χ4v) is 2.58.